The molecule has 2 aliphatic rings. The molecule has 0 spiro atoms. The SMILES string of the molecule is O=C(Cc1cc2ccccc2[nH]c1=O)N1CCO[C@@H]2CCCC[C@@H]21. The first-order valence-electron chi connectivity index (χ1n) is 8.74. The number of H-pyrrole nitrogens is 1. The van der Waals surface area contributed by atoms with Crippen molar-refractivity contribution in [3.8, 4) is 0 Å². The Morgan fingerprint density at radius 1 is 1.25 bits per heavy atom. The molecule has 2 aromatic rings. The third kappa shape index (κ3) is 2.84. The van der Waals surface area contributed by atoms with Crippen molar-refractivity contribution in [2.24, 2.45) is 0 Å². The molecule has 1 saturated heterocycles. The standard InChI is InChI=1S/C19H22N2O3/c22-18(21-9-10-24-17-8-4-3-7-16(17)21)12-14-11-13-5-1-2-6-15(13)20-19(14)23/h1-2,5-6,11,16-17H,3-4,7-10,12H2,(H,20,23)/t16-,17+/m0/s1. The molecule has 0 radical (unpaired) electrons. The molecule has 5 nitrogen and oxygen atoms in total. The Morgan fingerprint density at radius 3 is 3.00 bits per heavy atom. The van der Waals surface area contributed by atoms with Crippen LogP contribution in [0.25, 0.3) is 10.9 Å². The van der Waals surface area contributed by atoms with E-state index in [9.17, 15) is 9.59 Å². The number of hydrogen-bond donors (Lipinski definition) is 1. The van der Waals surface area contributed by atoms with E-state index >= 15 is 0 Å². The number of nitrogens with zero attached hydrogens (tertiary/aromatic N) is 1. The van der Waals surface area contributed by atoms with Crippen molar-refractivity contribution in [1.29, 1.82) is 0 Å². The van der Waals surface area contributed by atoms with Crippen molar-refractivity contribution < 1.29 is 9.53 Å². The van der Waals surface area contributed by atoms with E-state index < -0.39 is 0 Å². The minimum absolute atomic E-state index is 0.0379. The van der Waals surface area contributed by atoms with Gasteiger partial charge in [-0.25, -0.2) is 0 Å². The van der Waals surface area contributed by atoms with Crippen LogP contribution in [0.15, 0.2) is 35.1 Å². The zero-order valence-corrected chi connectivity index (χ0v) is 13.7. The molecule has 24 heavy (non-hydrogen) atoms. The van der Waals surface area contributed by atoms with Crippen molar-refractivity contribution in [3.63, 3.8) is 0 Å². The van der Waals surface area contributed by atoms with Crippen LogP contribution in [0, 0.1) is 0 Å². The zero-order valence-electron chi connectivity index (χ0n) is 13.7. The van der Waals surface area contributed by atoms with Gasteiger partial charge in [0.15, 0.2) is 0 Å². The molecule has 1 saturated carbocycles. The number of benzene rings is 1. The third-order valence-corrected chi connectivity index (χ3v) is 5.22. The number of fused-ring (bicyclic) bond motifs is 2. The molecule has 2 fully saturated rings. The van der Waals surface area contributed by atoms with Crippen LogP contribution in [0.1, 0.15) is 31.2 Å². The molecule has 2 heterocycles. The second-order valence-electron chi connectivity index (χ2n) is 6.74. The van der Waals surface area contributed by atoms with Gasteiger partial charge in [0.05, 0.1) is 25.2 Å². The molecule has 2 atom stereocenters. The van der Waals surface area contributed by atoms with Crippen molar-refractivity contribution in [2.45, 2.75) is 44.2 Å². The van der Waals surface area contributed by atoms with Gasteiger partial charge < -0.3 is 14.6 Å². The van der Waals surface area contributed by atoms with Crippen molar-refractivity contribution in [3.05, 3.63) is 46.2 Å². The lowest BCUT2D eigenvalue weighted by molar-refractivity contribution is -0.148. The monoisotopic (exact) mass is 326 g/mol. The summed E-state index contributed by atoms with van der Waals surface area (Å²) in [6.45, 7) is 1.23. The molecule has 4 rings (SSSR count). The first-order valence-corrected chi connectivity index (χ1v) is 8.74. The minimum atomic E-state index is -0.171. The van der Waals surface area contributed by atoms with Crippen LogP contribution in [0.2, 0.25) is 0 Å². The van der Waals surface area contributed by atoms with E-state index in [4.69, 9.17) is 4.74 Å². The van der Waals surface area contributed by atoms with Gasteiger partial charge in [-0.3, -0.25) is 9.59 Å². The number of hydrogen-bond acceptors (Lipinski definition) is 3. The Labute approximate surface area is 140 Å². The smallest absolute Gasteiger partial charge is 0.252 e. The second-order valence-corrected chi connectivity index (χ2v) is 6.74. The Hall–Kier alpha value is -2.14. The van der Waals surface area contributed by atoms with Crippen LogP contribution in [0.5, 0.6) is 0 Å². The highest BCUT2D eigenvalue weighted by Crippen LogP contribution is 2.28. The molecule has 126 valence electrons. The van der Waals surface area contributed by atoms with Crippen molar-refractivity contribution in [2.75, 3.05) is 13.2 Å². The van der Waals surface area contributed by atoms with E-state index in [0.29, 0.717) is 18.7 Å². The second kappa shape index (κ2) is 6.40. The number of amides is 1. The van der Waals surface area contributed by atoms with Crippen LogP contribution in [0.3, 0.4) is 0 Å². The van der Waals surface area contributed by atoms with Gasteiger partial charge in [-0.1, -0.05) is 31.0 Å². The van der Waals surface area contributed by atoms with Gasteiger partial charge in [0.1, 0.15) is 0 Å². The summed E-state index contributed by atoms with van der Waals surface area (Å²) in [6.07, 6.45) is 4.68. The number of ether oxygens (including phenoxy) is 1. The van der Waals surface area contributed by atoms with E-state index in [0.717, 1.165) is 30.2 Å². The fourth-order valence-corrected chi connectivity index (χ4v) is 3.99. The summed E-state index contributed by atoms with van der Waals surface area (Å²) in [5.74, 6) is 0.0379. The van der Waals surface area contributed by atoms with Gasteiger partial charge in [-0.2, -0.15) is 0 Å². The normalized spacial score (nSPS) is 23.9. The lowest BCUT2D eigenvalue weighted by Gasteiger charge is -2.43. The average molecular weight is 326 g/mol. The van der Waals surface area contributed by atoms with Crippen LogP contribution < -0.4 is 5.56 Å². The van der Waals surface area contributed by atoms with Gasteiger partial charge in [-0.15, -0.1) is 0 Å². The van der Waals surface area contributed by atoms with E-state index in [-0.39, 0.29) is 30.0 Å². The number of morpholine rings is 1. The number of aromatic nitrogens is 1. The molecule has 1 aliphatic carbocycles. The number of carbonyl (C=O) groups is 1. The summed E-state index contributed by atoms with van der Waals surface area (Å²) in [5, 5.41) is 0.956. The molecule has 1 N–H and O–H groups in total. The summed E-state index contributed by atoms with van der Waals surface area (Å²) < 4.78 is 5.83. The van der Waals surface area contributed by atoms with Gasteiger partial charge in [0.2, 0.25) is 5.91 Å². The number of nitrogens with one attached hydrogen (secondary N) is 1. The lowest BCUT2D eigenvalue weighted by Crippen LogP contribution is -2.55. The van der Waals surface area contributed by atoms with Gasteiger partial charge >= 0.3 is 0 Å². The fourth-order valence-electron chi connectivity index (χ4n) is 3.99. The largest absolute Gasteiger partial charge is 0.374 e. The number of carbonyl (C=O) groups excluding carboxylic acids is 1. The van der Waals surface area contributed by atoms with E-state index in [1.54, 1.807) is 0 Å². The molecule has 1 aromatic heterocycles. The Bertz CT molecular complexity index is 812. The highest BCUT2D eigenvalue weighted by Gasteiger charge is 2.36. The van der Waals surface area contributed by atoms with Gasteiger partial charge in [-0.05, 0) is 30.4 Å². The summed E-state index contributed by atoms with van der Waals surface area (Å²) in [5.41, 5.74) is 1.17. The maximum atomic E-state index is 12.8. The van der Waals surface area contributed by atoms with E-state index in [1.165, 1.54) is 6.42 Å². The molecule has 1 aliphatic heterocycles. The number of para-hydroxylation sites is 1. The maximum Gasteiger partial charge on any atom is 0.252 e. The van der Waals surface area contributed by atoms with Crippen LogP contribution >= 0.6 is 0 Å². The summed E-state index contributed by atoms with van der Waals surface area (Å²) in [6, 6.07) is 9.66. The van der Waals surface area contributed by atoms with E-state index in [1.807, 2.05) is 35.2 Å². The highest BCUT2D eigenvalue weighted by molar-refractivity contribution is 5.83. The third-order valence-electron chi connectivity index (χ3n) is 5.22. The van der Waals surface area contributed by atoms with Gasteiger partial charge in [0, 0.05) is 17.6 Å². The minimum Gasteiger partial charge on any atom is -0.374 e. The molecular weight excluding hydrogens is 304 g/mol. The number of pyridine rings is 1. The molecule has 1 aromatic carbocycles. The number of aromatic amines is 1. The predicted octanol–water partition coefficient (Wildman–Crippen LogP) is 2.24. The quantitative estimate of drug-likeness (QED) is 0.920. The fraction of sp³-hybridized carbons (Fsp3) is 0.474. The first-order chi connectivity index (χ1) is 11.7. The van der Waals surface area contributed by atoms with Crippen LogP contribution in [-0.4, -0.2) is 41.1 Å². The molecule has 5 heteroatoms. The van der Waals surface area contributed by atoms with Crippen LogP contribution in [-0.2, 0) is 16.0 Å². The first kappa shape index (κ1) is 15.4. The van der Waals surface area contributed by atoms with Crippen LogP contribution in [0.4, 0.5) is 0 Å². The predicted molar refractivity (Wildman–Crippen MR) is 92.0 cm³/mol. The number of rotatable bonds is 2. The molecule has 0 bridgehead atoms. The summed E-state index contributed by atoms with van der Waals surface area (Å²) in [7, 11) is 0. The van der Waals surface area contributed by atoms with Crippen molar-refractivity contribution in [1.82, 2.24) is 9.88 Å². The zero-order chi connectivity index (χ0) is 16.5. The molecular formula is C19H22N2O3. The molecule has 0 unspecified atom stereocenters. The summed E-state index contributed by atoms with van der Waals surface area (Å²) in [4.78, 5) is 29.9. The van der Waals surface area contributed by atoms with Crippen molar-refractivity contribution >= 4 is 16.8 Å². The highest BCUT2D eigenvalue weighted by atomic mass is 16.5. The Kier molecular flexibility index (Phi) is 4.10. The molecule has 1 amide bonds. The lowest BCUT2D eigenvalue weighted by atomic mass is 9.90. The van der Waals surface area contributed by atoms with E-state index in [2.05, 4.69) is 4.98 Å². The van der Waals surface area contributed by atoms with Gasteiger partial charge in [0.25, 0.3) is 5.56 Å². The Morgan fingerprint density at radius 2 is 2.08 bits per heavy atom. The Balaban J connectivity index is 1.57. The average Bonchev–Trinajstić information content (AvgIpc) is 2.62. The summed E-state index contributed by atoms with van der Waals surface area (Å²) >= 11 is 0. The maximum absolute atomic E-state index is 12.8. The topological polar surface area (TPSA) is 62.4 Å².